The lowest BCUT2D eigenvalue weighted by Crippen LogP contribution is -2.40. The van der Waals surface area contributed by atoms with E-state index in [4.69, 9.17) is 16.3 Å². The number of rotatable bonds is 6. The number of halogens is 1. The molecule has 182 valence electrons. The first-order chi connectivity index (χ1) is 16.2. The van der Waals surface area contributed by atoms with E-state index >= 15 is 0 Å². The van der Waals surface area contributed by atoms with E-state index in [-0.39, 0.29) is 29.8 Å². The molecule has 2 heterocycles. The summed E-state index contributed by atoms with van der Waals surface area (Å²) in [5.74, 6) is -0.503. The Hall–Kier alpha value is -2.04. The molecule has 0 unspecified atom stereocenters. The first kappa shape index (κ1) is 25.1. The predicted molar refractivity (Wildman–Crippen MR) is 135 cm³/mol. The van der Waals surface area contributed by atoms with Crippen molar-refractivity contribution >= 4 is 49.1 Å². The van der Waals surface area contributed by atoms with Crippen molar-refractivity contribution in [3.05, 3.63) is 57.3 Å². The van der Waals surface area contributed by atoms with Crippen LogP contribution >= 0.6 is 22.9 Å². The number of thiazole rings is 1. The molecule has 0 N–H and O–H groups in total. The van der Waals surface area contributed by atoms with Crippen LogP contribution in [0.1, 0.15) is 24.0 Å². The average molecular weight is 522 g/mol. The Morgan fingerprint density at radius 3 is 2.50 bits per heavy atom. The van der Waals surface area contributed by atoms with Crippen LogP contribution in [0.2, 0.25) is 5.02 Å². The monoisotopic (exact) mass is 521 g/mol. The van der Waals surface area contributed by atoms with Gasteiger partial charge in [-0.1, -0.05) is 29.0 Å². The molecule has 0 aliphatic carbocycles. The number of carbonyl (C=O) groups excluding carboxylic acids is 1. The standard InChI is InChI=1S/C24H28ClN3O4S2/c1-16-14-17(2)22-21(15-16)28(12-13-32-3)24(33-22)26-23(29)18-8-10-27(11-9-18)34(30,31)20-6-4-19(25)5-7-20/h4-7,14-15,18H,8-13H2,1-3H3. The van der Waals surface area contributed by atoms with E-state index in [1.807, 2.05) is 4.57 Å². The lowest BCUT2D eigenvalue weighted by atomic mass is 9.98. The van der Waals surface area contributed by atoms with Crippen LogP contribution in [0.3, 0.4) is 0 Å². The summed E-state index contributed by atoms with van der Waals surface area (Å²) in [5.41, 5.74) is 3.36. The number of piperidine rings is 1. The van der Waals surface area contributed by atoms with Gasteiger partial charge in [-0.3, -0.25) is 4.79 Å². The highest BCUT2D eigenvalue weighted by molar-refractivity contribution is 7.89. The number of methoxy groups -OCH3 is 1. The minimum atomic E-state index is -3.61. The van der Waals surface area contributed by atoms with Crippen molar-refractivity contribution in [2.45, 2.75) is 38.1 Å². The zero-order valence-electron chi connectivity index (χ0n) is 19.5. The predicted octanol–water partition coefficient (Wildman–Crippen LogP) is 4.15. The van der Waals surface area contributed by atoms with Gasteiger partial charge < -0.3 is 9.30 Å². The molecule has 0 atom stereocenters. The molecule has 1 aliphatic rings. The number of ether oxygens (including phenoxy) is 1. The summed E-state index contributed by atoms with van der Waals surface area (Å²) in [5, 5.41) is 0.485. The summed E-state index contributed by atoms with van der Waals surface area (Å²) in [4.78, 5) is 18.5. The van der Waals surface area contributed by atoms with Crippen LogP contribution in [-0.2, 0) is 26.1 Å². The molecule has 0 saturated carbocycles. The fraction of sp³-hybridized carbons (Fsp3) is 0.417. The smallest absolute Gasteiger partial charge is 0.251 e. The van der Waals surface area contributed by atoms with Gasteiger partial charge in [-0.15, -0.1) is 0 Å². The van der Waals surface area contributed by atoms with Crippen molar-refractivity contribution in [2.24, 2.45) is 10.9 Å². The number of nitrogens with zero attached hydrogens (tertiary/aromatic N) is 3. The van der Waals surface area contributed by atoms with Gasteiger partial charge in [0.1, 0.15) is 0 Å². The Balaban J connectivity index is 1.55. The molecule has 1 aliphatic heterocycles. The molecule has 2 aromatic carbocycles. The van der Waals surface area contributed by atoms with Crippen LogP contribution in [0.15, 0.2) is 46.3 Å². The number of hydrogen-bond donors (Lipinski definition) is 0. The fourth-order valence-corrected chi connectivity index (χ4v) is 6.99. The first-order valence-corrected chi connectivity index (χ1v) is 13.8. The number of aromatic nitrogens is 1. The molecule has 1 aromatic heterocycles. The number of fused-ring (bicyclic) bond motifs is 1. The van der Waals surface area contributed by atoms with E-state index in [9.17, 15) is 13.2 Å². The average Bonchev–Trinajstić information content (AvgIpc) is 3.15. The van der Waals surface area contributed by atoms with Gasteiger partial charge in [0.25, 0.3) is 5.91 Å². The third kappa shape index (κ3) is 5.13. The third-order valence-electron chi connectivity index (χ3n) is 6.09. The van der Waals surface area contributed by atoms with Crippen LogP contribution < -0.4 is 4.80 Å². The van der Waals surface area contributed by atoms with Gasteiger partial charge in [-0.2, -0.15) is 9.30 Å². The number of sulfonamides is 1. The van der Waals surface area contributed by atoms with Crippen LogP contribution in [0.25, 0.3) is 10.2 Å². The molecule has 4 rings (SSSR count). The van der Waals surface area contributed by atoms with Crippen molar-refractivity contribution < 1.29 is 17.9 Å². The van der Waals surface area contributed by atoms with Gasteiger partial charge in [-0.05, 0) is 68.1 Å². The summed E-state index contributed by atoms with van der Waals surface area (Å²) in [6.45, 7) is 5.80. The second-order valence-corrected chi connectivity index (χ2v) is 11.9. The number of benzene rings is 2. The Kier molecular flexibility index (Phi) is 7.59. The van der Waals surface area contributed by atoms with Gasteiger partial charge in [-0.25, -0.2) is 8.42 Å². The maximum absolute atomic E-state index is 13.1. The molecule has 10 heteroatoms. The largest absolute Gasteiger partial charge is 0.383 e. The summed E-state index contributed by atoms with van der Waals surface area (Å²) in [7, 11) is -1.96. The van der Waals surface area contributed by atoms with Crippen molar-refractivity contribution in [1.82, 2.24) is 8.87 Å². The Morgan fingerprint density at radius 1 is 1.18 bits per heavy atom. The molecular weight excluding hydrogens is 494 g/mol. The number of carbonyl (C=O) groups is 1. The summed E-state index contributed by atoms with van der Waals surface area (Å²) in [6.07, 6.45) is 0.881. The van der Waals surface area contributed by atoms with Crippen molar-refractivity contribution in [2.75, 3.05) is 26.8 Å². The molecule has 0 spiro atoms. The van der Waals surface area contributed by atoms with Crippen LogP contribution in [-0.4, -0.2) is 50.0 Å². The highest BCUT2D eigenvalue weighted by atomic mass is 35.5. The fourth-order valence-electron chi connectivity index (χ4n) is 4.28. The Morgan fingerprint density at radius 2 is 1.85 bits per heavy atom. The Bertz CT molecular complexity index is 1370. The zero-order valence-corrected chi connectivity index (χ0v) is 21.8. The topological polar surface area (TPSA) is 81.0 Å². The normalized spacial score (nSPS) is 16.4. The van der Waals surface area contributed by atoms with Crippen LogP contribution in [0.4, 0.5) is 0 Å². The lowest BCUT2D eigenvalue weighted by molar-refractivity contribution is -0.122. The van der Waals surface area contributed by atoms with Crippen molar-refractivity contribution in [3.8, 4) is 0 Å². The molecule has 34 heavy (non-hydrogen) atoms. The molecule has 3 aromatic rings. The van der Waals surface area contributed by atoms with Crippen molar-refractivity contribution in [3.63, 3.8) is 0 Å². The van der Waals surface area contributed by atoms with E-state index in [0.717, 1.165) is 21.3 Å². The SMILES string of the molecule is COCCn1c(=NC(=O)C2CCN(S(=O)(=O)c3ccc(Cl)cc3)CC2)sc2c(C)cc(C)cc21. The quantitative estimate of drug-likeness (QED) is 0.488. The third-order valence-corrected chi connectivity index (χ3v) is 9.49. The molecule has 1 amide bonds. The number of aryl methyl sites for hydroxylation is 2. The van der Waals surface area contributed by atoms with Gasteiger partial charge in [0.15, 0.2) is 4.80 Å². The van der Waals surface area contributed by atoms with E-state index in [2.05, 4.69) is 31.0 Å². The van der Waals surface area contributed by atoms with Gasteiger partial charge >= 0.3 is 0 Å². The summed E-state index contributed by atoms with van der Waals surface area (Å²) < 4.78 is 35.7. The number of amides is 1. The van der Waals surface area contributed by atoms with Gasteiger partial charge in [0.05, 0.1) is 21.7 Å². The minimum absolute atomic E-state index is 0.198. The molecule has 7 nitrogen and oxygen atoms in total. The van der Waals surface area contributed by atoms with Gasteiger partial charge in [0.2, 0.25) is 10.0 Å². The highest BCUT2D eigenvalue weighted by Crippen LogP contribution is 2.26. The first-order valence-electron chi connectivity index (χ1n) is 11.1. The molecule has 1 saturated heterocycles. The lowest BCUT2D eigenvalue weighted by Gasteiger charge is -2.29. The molecule has 1 fully saturated rings. The van der Waals surface area contributed by atoms with Gasteiger partial charge in [0, 0.05) is 37.7 Å². The maximum Gasteiger partial charge on any atom is 0.251 e. The highest BCUT2D eigenvalue weighted by Gasteiger charge is 2.32. The maximum atomic E-state index is 13.1. The van der Waals surface area contributed by atoms with E-state index in [1.54, 1.807) is 19.2 Å². The second kappa shape index (κ2) is 10.3. The number of hydrogen-bond acceptors (Lipinski definition) is 5. The van der Waals surface area contributed by atoms with Crippen LogP contribution in [0, 0.1) is 19.8 Å². The molecule has 0 radical (unpaired) electrons. The minimum Gasteiger partial charge on any atom is -0.383 e. The molecule has 0 bridgehead atoms. The van der Waals surface area contributed by atoms with E-state index in [1.165, 1.54) is 27.8 Å². The Labute approximate surface area is 208 Å². The zero-order chi connectivity index (χ0) is 24.5. The van der Waals surface area contributed by atoms with E-state index in [0.29, 0.717) is 35.8 Å². The second-order valence-electron chi connectivity index (χ2n) is 8.54. The van der Waals surface area contributed by atoms with Crippen molar-refractivity contribution in [1.29, 1.82) is 0 Å². The van der Waals surface area contributed by atoms with E-state index < -0.39 is 10.0 Å². The van der Waals surface area contributed by atoms with Crippen LogP contribution in [0.5, 0.6) is 0 Å². The summed E-state index contributed by atoms with van der Waals surface area (Å²) in [6, 6.07) is 10.4. The molecular formula is C24H28ClN3O4S2. The summed E-state index contributed by atoms with van der Waals surface area (Å²) >= 11 is 7.39.